The molecule has 0 heterocycles. The topological polar surface area (TPSA) is 86.5 Å². The molecule has 1 amide bonds. The standard InChI is InChI=1S/C4H9NO4S/c1-3(4(5)6)9-10(2,7)8/h3H,1-2H3,(H2,5,6). The minimum atomic E-state index is -3.57. The minimum absolute atomic E-state index is 0.801. The van der Waals surface area contributed by atoms with Gasteiger partial charge in [0.25, 0.3) is 10.1 Å². The summed E-state index contributed by atoms with van der Waals surface area (Å²) >= 11 is 0. The Labute approximate surface area is 59.3 Å². The Hall–Kier alpha value is -0.620. The number of carbonyl (C=O) groups is 1. The van der Waals surface area contributed by atoms with E-state index in [1.165, 1.54) is 6.92 Å². The average Bonchev–Trinajstić information content (AvgIpc) is 1.60. The van der Waals surface area contributed by atoms with E-state index < -0.39 is 22.1 Å². The van der Waals surface area contributed by atoms with Crippen molar-refractivity contribution in [2.45, 2.75) is 13.0 Å². The molecule has 2 N–H and O–H groups in total. The van der Waals surface area contributed by atoms with Gasteiger partial charge in [0.2, 0.25) is 5.91 Å². The molecular formula is C4H9NO4S. The molecular weight excluding hydrogens is 158 g/mol. The van der Waals surface area contributed by atoms with Crippen LogP contribution in [0.15, 0.2) is 0 Å². The van der Waals surface area contributed by atoms with Gasteiger partial charge in [-0.05, 0) is 6.92 Å². The minimum Gasteiger partial charge on any atom is -0.367 e. The molecule has 0 radical (unpaired) electrons. The summed E-state index contributed by atoms with van der Waals surface area (Å²) in [7, 11) is -3.57. The summed E-state index contributed by atoms with van der Waals surface area (Å²) in [5.74, 6) is -0.801. The third-order valence-electron chi connectivity index (χ3n) is 0.720. The van der Waals surface area contributed by atoms with Crippen molar-refractivity contribution in [2.24, 2.45) is 5.73 Å². The number of primary amides is 1. The van der Waals surface area contributed by atoms with Gasteiger partial charge >= 0.3 is 0 Å². The highest BCUT2D eigenvalue weighted by atomic mass is 32.2. The number of hydrogen-bond acceptors (Lipinski definition) is 4. The third kappa shape index (κ3) is 4.28. The average molecular weight is 167 g/mol. The highest BCUT2D eigenvalue weighted by molar-refractivity contribution is 7.86. The monoisotopic (exact) mass is 167 g/mol. The van der Waals surface area contributed by atoms with Crippen molar-refractivity contribution in [2.75, 3.05) is 6.26 Å². The second-order valence-corrected chi connectivity index (χ2v) is 3.45. The first kappa shape index (κ1) is 9.38. The maximum absolute atomic E-state index is 10.3. The largest absolute Gasteiger partial charge is 0.367 e. The Balaban J connectivity index is 4.06. The fourth-order valence-electron chi connectivity index (χ4n) is 0.310. The van der Waals surface area contributed by atoms with Gasteiger partial charge in [-0.3, -0.25) is 8.98 Å². The second kappa shape index (κ2) is 2.98. The van der Waals surface area contributed by atoms with E-state index in [4.69, 9.17) is 5.73 Å². The molecule has 0 saturated heterocycles. The summed E-state index contributed by atoms with van der Waals surface area (Å²) < 4.78 is 24.8. The maximum atomic E-state index is 10.3. The van der Waals surface area contributed by atoms with Crippen LogP contribution in [0, 0.1) is 0 Å². The Morgan fingerprint density at radius 1 is 1.60 bits per heavy atom. The summed E-state index contributed by atoms with van der Waals surface area (Å²) in [6, 6.07) is 0. The van der Waals surface area contributed by atoms with Crippen LogP contribution in [0.25, 0.3) is 0 Å². The molecule has 0 spiro atoms. The molecule has 1 unspecified atom stereocenters. The van der Waals surface area contributed by atoms with E-state index in [9.17, 15) is 13.2 Å². The van der Waals surface area contributed by atoms with Gasteiger partial charge in [-0.2, -0.15) is 8.42 Å². The van der Waals surface area contributed by atoms with Gasteiger partial charge in [-0.25, -0.2) is 0 Å². The summed E-state index contributed by atoms with van der Waals surface area (Å²) in [5, 5.41) is 0. The van der Waals surface area contributed by atoms with Crippen LogP contribution in [0.3, 0.4) is 0 Å². The van der Waals surface area contributed by atoms with Crippen molar-refractivity contribution in [3.63, 3.8) is 0 Å². The van der Waals surface area contributed by atoms with E-state index in [2.05, 4.69) is 4.18 Å². The van der Waals surface area contributed by atoms with Gasteiger partial charge in [0.1, 0.15) is 0 Å². The third-order valence-corrected chi connectivity index (χ3v) is 1.36. The number of carbonyl (C=O) groups excluding carboxylic acids is 1. The van der Waals surface area contributed by atoms with E-state index in [1.807, 2.05) is 0 Å². The predicted octanol–water partition coefficient (Wildman–Crippen LogP) is -1.16. The van der Waals surface area contributed by atoms with Crippen LogP contribution in [-0.2, 0) is 19.1 Å². The fourth-order valence-corrected chi connectivity index (χ4v) is 0.929. The molecule has 5 nitrogen and oxygen atoms in total. The highest BCUT2D eigenvalue weighted by Gasteiger charge is 2.14. The molecule has 0 rings (SSSR count). The van der Waals surface area contributed by atoms with Crippen LogP contribution in [0.1, 0.15) is 6.92 Å². The highest BCUT2D eigenvalue weighted by Crippen LogP contribution is 1.94. The van der Waals surface area contributed by atoms with Crippen molar-refractivity contribution in [1.82, 2.24) is 0 Å². The first-order chi connectivity index (χ1) is 4.33. The lowest BCUT2D eigenvalue weighted by atomic mass is 10.4. The summed E-state index contributed by atoms with van der Waals surface area (Å²) in [4.78, 5) is 10.2. The molecule has 0 aromatic carbocycles. The van der Waals surface area contributed by atoms with Gasteiger partial charge in [-0.1, -0.05) is 0 Å². The quantitative estimate of drug-likeness (QED) is 0.537. The molecule has 60 valence electrons. The first-order valence-corrected chi connectivity index (χ1v) is 4.32. The van der Waals surface area contributed by atoms with E-state index in [0.717, 1.165) is 6.26 Å². The molecule has 0 aliphatic heterocycles. The zero-order valence-electron chi connectivity index (χ0n) is 5.70. The smallest absolute Gasteiger partial charge is 0.265 e. The van der Waals surface area contributed by atoms with Gasteiger partial charge in [0.15, 0.2) is 6.10 Å². The van der Waals surface area contributed by atoms with Crippen molar-refractivity contribution in [3.8, 4) is 0 Å². The van der Waals surface area contributed by atoms with Crippen LogP contribution >= 0.6 is 0 Å². The van der Waals surface area contributed by atoms with E-state index in [-0.39, 0.29) is 0 Å². The second-order valence-electron chi connectivity index (χ2n) is 1.84. The molecule has 0 aromatic rings. The lowest BCUT2D eigenvalue weighted by Gasteiger charge is -2.04. The zero-order chi connectivity index (χ0) is 8.36. The molecule has 1 atom stereocenters. The van der Waals surface area contributed by atoms with Gasteiger partial charge in [0.05, 0.1) is 6.26 Å². The summed E-state index contributed by atoms with van der Waals surface area (Å²) in [6.45, 7) is 1.27. The molecule has 0 aliphatic carbocycles. The SMILES string of the molecule is CC(OS(C)(=O)=O)C(N)=O. The lowest BCUT2D eigenvalue weighted by molar-refractivity contribution is -0.123. The Kier molecular flexibility index (Phi) is 2.79. The number of rotatable bonds is 3. The molecule has 0 saturated carbocycles. The number of hydrogen-bond donors (Lipinski definition) is 1. The summed E-state index contributed by atoms with van der Waals surface area (Å²) in [6.07, 6.45) is -0.234. The van der Waals surface area contributed by atoms with Crippen LogP contribution < -0.4 is 5.73 Å². The van der Waals surface area contributed by atoms with Crippen molar-refractivity contribution in [1.29, 1.82) is 0 Å². The van der Waals surface area contributed by atoms with E-state index in [0.29, 0.717) is 0 Å². The van der Waals surface area contributed by atoms with Crippen LogP contribution in [-0.4, -0.2) is 26.7 Å². The maximum Gasteiger partial charge on any atom is 0.265 e. The Morgan fingerprint density at radius 3 is 2.10 bits per heavy atom. The summed E-state index contributed by atoms with van der Waals surface area (Å²) in [5.41, 5.74) is 4.71. The zero-order valence-corrected chi connectivity index (χ0v) is 6.51. The fraction of sp³-hybridized carbons (Fsp3) is 0.750. The van der Waals surface area contributed by atoms with Crippen LogP contribution in [0.2, 0.25) is 0 Å². The van der Waals surface area contributed by atoms with Crippen LogP contribution in [0.5, 0.6) is 0 Å². The van der Waals surface area contributed by atoms with Crippen molar-refractivity contribution < 1.29 is 17.4 Å². The lowest BCUT2D eigenvalue weighted by Crippen LogP contribution is -2.30. The molecule has 6 heteroatoms. The van der Waals surface area contributed by atoms with E-state index in [1.54, 1.807) is 0 Å². The normalized spacial score (nSPS) is 14.6. The van der Waals surface area contributed by atoms with E-state index >= 15 is 0 Å². The molecule has 0 bridgehead atoms. The molecule has 0 aliphatic rings. The Morgan fingerprint density at radius 2 is 2.00 bits per heavy atom. The van der Waals surface area contributed by atoms with Gasteiger partial charge in [-0.15, -0.1) is 0 Å². The van der Waals surface area contributed by atoms with Crippen molar-refractivity contribution in [3.05, 3.63) is 0 Å². The van der Waals surface area contributed by atoms with Gasteiger partial charge < -0.3 is 5.73 Å². The predicted molar refractivity (Wildman–Crippen MR) is 34.6 cm³/mol. The van der Waals surface area contributed by atoms with Crippen LogP contribution in [0.4, 0.5) is 0 Å². The molecule has 0 fully saturated rings. The molecule has 0 aromatic heterocycles. The van der Waals surface area contributed by atoms with Crippen molar-refractivity contribution >= 4 is 16.0 Å². The number of nitrogens with two attached hydrogens (primary N) is 1. The Bertz CT molecular complexity index is 219. The first-order valence-electron chi connectivity index (χ1n) is 2.50. The molecule has 10 heavy (non-hydrogen) atoms. The number of amides is 1. The van der Waals surface area contributed by atoms with Gasteiger partial charge in [0, 0.05) is 0 Å².